The van der Waals surface area contributed by atoms with Crippen molar-refractivity contribution >= 4 is 29.5 Å². The second-order valence-electron chi connectivity index (χ2n) is 12.2. The molecule has 2 aliphatic heterocycles. The number of aliphatic hydroxyl groups is 1. The van der Waals surface area contributed by atoms with Crippen molar-refractivity contribution in [2.24, 2.45) is 5.92 Å². The van der Waals surface area contributed by atoms with Crippen LogP contribution in [0.3, 0.4) is 0 Å². The van der Waals surface area contributed by atoms with E-state index < -0.39 is 30.0 Å². The van der Waals surface area contributed by atoms with Gasteiger partial charge >= 0.3 is 0 Å². The third-order valence-corrected chi connectivity index (χ3v) is 7.75. The first-order chi connectivity index (χ1) is 23.0. The van der Waals surface area contributed by atoms with Gasteiger partial charge in [-0.2, -0.15) is 0 Å². The fourth-order valence-corrected chi connectivity index (χ4v) is 5.17. The van der Waals surface area contributed by atoms with Gasteiger partial charge in [-0.05, 0) is 62.6 Å². The van der Waals surface area contributed by atoms with Crippen LogP contribution in [0.2, 0.25) is 0 Å². The fourth-order valence-electron chi connectivity index (χ4n) is 5.17. The molecular formula is C33H49N7O8. The van der Waals surface area contributed by atoms with Gasteiger partial charge in [-0.15, -0.1) is 0 Å². The van der Waals surface area contributed by atoms with Crippen molar-refractivity contribution in [1.29, 1.82) is 0 Å². The van der Waals surface area contributed by atoms with Crippen LogP contribution in [0.1, 0.15) is 68.9 Å². The smallest absolute Gasteiger partial charge is 0.271 e. The van der Waals surface area contributed by atoms with Crippen molar-refractivity contribution in [3.63, 3.8) is 0 Å². The molecule has 3 atom stereocenters. The van der Waals surface area contributed by atoms with Crippen LogP contribution in [0, 0.1) is 5.92 Å². The number of fused-ring (bicyclic) bond motifs is 23. The third kappa shape index (κ3) is 12.2. The second kappa shape index (κ2) is 19.2. The Morgan fingerprint density at radius 3 is 2.44 bits per heavy atom. The number of aryl methyl sites for hydroxylation is 1. The number of nitrogens with one attached hydrogen (secondary N) is 5. The van der Waals surface area contributed by atoms with E-state index in [-0.39, 0.29) is 43.2 Å². The second-order valence-corrected chi connectivity index (χ2v) is 12.2. The predicted molar refractivity (Wildman–Crippen MR) is 176 cm³/mol. The standard InChI is InChI=1S/C33H49N7O8/c1-21(2)16-24-31(44)39-30(22(3)41)32(45)36-12-5-6-14-40(33(46)25-18-34-20-37-25)15-7-13-35-29(43)19-48-26-10-8-23(17-27(26)47-4)9-11-28(42)38-24/h8,10,17-18,20-22,24,30,41H,5-7,9,11-16,19H2,1-4H3,(H,34,37)(H,35,43)(H,36,45)(H,38,42)(H,39,44)/t22-,24-,30+/m1/s1. The molecule has 1 aromatic carbocycles. The zero-order valence-electron chi connectivity index (χ0n) is 28.2. The molecule has 0 saturated heterocycles. The Balaban J connectivity index is 1.77. The van der Waals surface area contributed by atoms with E-state index in [0.717, 1.165) is 5.56 Å². The highest BCUT2D eigenvalue weighted by Gasteiger charge is 2.30. The van der Waals surface area contributed by atoms with Gasteiger partial charge in [0.15, 0.2) is 18.1 Å². The number of aromatic nitrogens is 2. The molecule has 2 aromatic rings. The highest BCUT2D eigenvalue weighted by atomic mass is 16.5. The normalized spacial score (nSPS) is 20.6. The van der Waals surface area contributed by atoms with Crippen LogP contribution in [-0.4, -0.2) is 108 Å². The number of methoxy groups -OCH3 is 1. The van der Waals surface area contributed by atoms with Crippen LogP contribution in [0.5, 0.6) is 11.5 Å². The van der Waals surface area contributed by atoms with Crippen molar-refractivity contribution in [2.75, 3.05) is 39.9 Å². The van der Waals surface area contributed by atoms with Gasteiger partial charge in [0.2, 0.25) is 17.7 Å². The predicted octanol–water partition coefficient (Wildman–Crippen LogP) is 0.685. The molecular weight excluding hydrogens is 622 g/mol. The molecule has 6 N–H and O–H groups in total. The van der Waals surface area contributed by atoms with Gasteiger partial charge in [0, 0.05) is 32.6 Å². The number of hydrogen-bond donors (Lipinski definition) is 6. The molecule has 3 heterocycles. The van der Waals surface area contributed by atoms with E-state index in [0.29, 0.717) is 68.9 Å². The van der Waals surface area contributed by atoms with Gasteiger partial charge in [-0.3, -0.25) is 24.0 Å². The minimum absolute atomic E-state index is 0.0545. The first-order valence-electron chi connectivity index (χ1n) is 16.4. The van der Waals surface area contributed by atoms with Gasteiger partial charge in [0.25, 0.3) is 11.8 Å². The van der Waals surface area contributed by atoms with Gasteiger partial charge in [-0.25, -0.2) is 4.98 Å². The average Bonchev–Trinajstić information content (AvgIpc) is 3.60. The zero-order chi connectivity index (χ0) is 35.1. The summed E-state index contributed by atoms with van der Waals surface area (Å²) in [5, 5.41) is 21.3. The average molecular weight is 672 g/mol. The summed E-state index contributed by atoms with van der Waals surface area (Å²) in [7, 11) is 1.48. The number of nitrogens with zero attached hydrogens (tertiary/aromatic N) is 2. The summed E-state index contributed by atoms with van der Waals surface area (Å²) in [6, 6.07) is 3.01. The van der Waals surface area contributed by atoms with Crippen LogP contribution in [-0.2, 0) is 25.6 Å². The number of benzene rings is 1. The topological polar surface area (TPSA) is 204 Å². The van der Waals surface area contributed by atoms with Gasteiger partial charge in [0.05, 0.1) is 25.7 Å². The molecule has 0 aliphatic carbocycles. The van der Waals surface area contributed by atoms with Crippen molar-refractivity contribution < 1.29 is 38.6 Å². The van der Waals surface area contributed by atoms with E-state index in [1.165, 1.54) is 26.6 Å². The number of ether oxygens (including phenoxy) is 2. The van der Waals surface area contributed by atoms with Crippen LogP contribution >= 0.6 is 0 Å². The Hall–Kier alpha value is -4.66. The molecule has 0 unspecified atom stereocenters. The minimum atomic E-state index is -1.23. The number of amides is 5. The molecule has 0 fully saturated rings. The van der Waals surface area contributed by atoms with Crippen molar-refractivity contribution in [3.8, 4) is 11.5 Å². The van der Waals surface area contributed by atoms with Crippen molar-refractivity contribution in [2.45, 2.75) is 77.5 Å². The quantitative estimate of drug-likeness (QED) is 0.247. The lowest BCUT2D eigenvalue weighted by Crippen LogP contribution is -2.57. The summed E-state index contributed by atoms with van der Waals surface area (Å²) in [6.45, 7) is 6.31. The number of carbonyl (C=O) groups excluding carboxylic acids is 5. The third-order valence-electron chi connectivity index (χ3n) is 7.75. The largest absolute Gasteiger partial charge is 0.493 e. The molecule has 264 valence electrons. The number of rotatable bonds is 5. The number of imidazole rings is 1. The molecule has 2 aliphatic rings. The number of aliphatic hydroxyl groups excluding tert-OH is 1. The molecule has 15 heteroatoms. The zero-order valence-corrected chi connectivity index (χ0v) is 28.2. The highest BCUT2D eigenvalue weighted by Crippen LogP contribution is 2.28. The summed E-state index contributed by atoms with van der Waals surface area (Å²) >= 11 is 0. The first-order valence-corrected chi connectivity index (χ1v) is 16.4. The number of carbonyl (C=O) groups is 5. The van der Waals surface area contributed by atoms with Gasteiger partial charge in [0.1, 0.15) is 17.8 Å². The van der Waals surface area contributed by atoms with Crippen LogP contribution in [0.25, 0.3) is 0 Å². The number of hydrogen-bond acceptors (Lipinski definition) is 9. The van der Waals surface area contributed by atoms with E-state index >= 15 is 0 Å². The summed E-state index contributed by atoms with van der Waals surface area (Å²) in [6.07, 6.45) is 3.98. The number of aromatic amines is 1. The molecule has 0 saturated carbocycles. The summed E-state index contributed by atoms with van der Waals surface area (Å²) in [5.74, 6) is -1.24. The Kier molecular flexibility index (Phi) is 15.1. The highest BCUT2D eigenvalue weighted by molar-refractivity contribution is 5.93. The van der Waals surface area contributed by atoms with Crippen LogP contribution in [0.4, 0.5) is 0 Å². The van der Waals surface area contributed by atoms with E-state index in [9.17, 15) is 29.1 Å². The summed E-state index contributed by atoms with van der Waals surface area (Å²) in [4.78, 5) is 73.2. The summed E-state index contributed by atoms with van der Waals surface area (Å²) in [5.41, 5.74) is 1.12. The molecule has 48 heavy (non-hydrogen) atoms. The molecule has 0 radical (unpaired) electrons. The maximum atomic E-state index is 13.3. The van der Waals surface area contributed by atoms with E-state index in [4.69, 9.17) is 9.47 Å². The minimum Gasteiger partial charge on any atom is -0.493 e. The molecule has 2 bridgehead atoms. The number of H-pyrrole nitrogens is 1. The van der Waals surface area contributed by atoms with Gasteiger partial charge in [-0.1, -0.05) is 19.9 Å². The fraction of sp³-hybridized carbons (Fsp3) is 0.576. The lowest BCUT2D eigenvalue weighted by molar-refractivity contribution is -0.134. The van der Waals surface area contributed by atoms with E-state index in [2.05, 4.69) is 31.2 Å². The molecule has 1 aromatic heterocycles. The van der Waals surface area contributed by atoms with Crippen molar-refractivity contribution in [3.05, 3.63) is 42.0 Å². The molecule has 15 nitrogen and oxygen atoms in total. The van der Waals surface area contributed by atoms with Gasteiger partial charge < -0.3 is 45.7 Å². The maximum Gasteiger partial charge on any atom is 0.271 e. The molecule has 0 spiro atoms. The SMILES string of the molecule is COc1cc2ccc1OCC(=O)NCCCN(C(=O)c1cnc[nH]1)CCCCNC(=O)[C@H]([C@@H](C)O)NC(=O)[C@@H](CC(C)C)NC(=O)CC2. The Morgan fingerprint density at radius 2 is 1.75 bits per heavy atom. The summed E-state index contributed by atoms with van der Waals surface area (Å²) < 4.78 is 11.1. The Bertz CT molecular complexity index is 1370. The van der Waals surface area contributed by atoms with Crippen molar-refractivity contribution in [1.82, 2.24) is 36.1 Å². The van der Waals surface area contributed by atoms with Crippen LogP contribution in [0.15, 0.2) is 30.7 Å². The Labute approximate surface area is 280 Å². The van der Waals surface area contributed by atoms with E-state index in [1.54, 1.807) is 23.1 Å². The van der Waals surface area contributed by atoms with E-state index in [1.807, 2.05) is 13.8 Å². The Morgan fingerprint density at radius 1 is 1.00 bits per heavy atom. The molecule has 5 amide bonds. The van der Waals surface area contributed by atoms with Crippen LogP contribution < -0.4 is 30.7 Å². The maximum absolute atomic E-state index is 13.3. The first kappa shape index (κ1) is 37.8. The molecule has 4 rings (SSSR count). The lowest BCUT2D eigenvalue weighted by atomic mass is 10.0. The lowest BCUT2D eigenvalue weighted by Gasteiger charge is -2.26. The monoisotopic (exact) mass is 671 g/mol.